The van der Waals surface area contributed by atoms with Gasteiger partial charge in [-0.2, -0.15) is 4.98 Å². The summed E-state index contributed by atoms with van der Waals surface area (Å²) < 4.78 is 5.01. The minimum absolute atomic E-state index is 0.0614. The molecule has 2 N–H and O–H groups in total. The zero-order valence-corrected chi connectivity index (χ0v) is 10.1. The number of carbonyl (C=O) groups is 1. The molecular formula is C11H19N3O3. The Balaban J connectivity index is 2.22. The second-order valence-corrected chi connectivity index (χ2v) is 3.78. The molecule has 6 heteroatoms. The number of hydrogen-bond donors (Lipinski definition) is 2. The van der Waals surface area contributed by atoms with Crippen LogP contribution in [-0.2, 0) is 17.6 Å². The van der Waals surface area contributed by atoms with E-state index in [2.05, 4.69) is 15.5 Å². The maximum Gasteiger partial charge on any atom is 0.227 e. The average molecular weight is 241 g/mol. The van der Waals surface area contributed by atoms with Crippen molar-refractivity contribution in [1.82, 2.24) is 15.5 Å². The molecule has 0 saturated heterocycles. The van der Waals surface area contributed by atoms with Gasteiger partial charge >= 0.3 is 0 Å². The van der Waals surface area contributed by atoms with Crippen molar-refractivity contribution in [2.75, 3.05) is 13.2 Å². The summed E-state index contributed by atoms with van der Waals surface area (Å²) in [5.41, 5.74) is 0. The second-order valence-electron chi connectivity index (χ2n) is 3.78. The van der Waals surface area contributed by atoms with Gasteiger partial charge in [0.2, 0.25) is 11.8 Å². The number of rotatable bonds is 8. The van der Waals surface area contributed by atoms with Crippen molar-refractivity contribution < 1.29 is 14.4 Å². The van der Waals surface area contributed by atoms with E-state index in [1.807, 2.05) is 6.92 Å². The van der Waals surface area contributed by atoms with E-state index in [0.717, 1.165) is 12.8 Å². The highest BCUT2D eigenvalue weighted by Gasteiger charge is 2.08. The van der Waals surface area contributed by atoms with Crippen LogP contribution in [0.1, 0.15) is 37.9 Å². The molecule has 6 nitrogen and oxygen atoms in total. The zero-order valence-electron chi connectivity index (χ0n) is 10.1. The van der Waals surface area contributed by atoms with Crippen LogP contribution in [0, 0.1) is 0 Å². The summed E-state index contributed by atoms with van der Waals surface area (Å²) >= 11 is 0. The van der Waals surface area contributed by atoms with Crippen LogP contribution < -0.4 is 5.32 Å². The van der Waals surface area contributed by atoms with E-state index in [-0.39, 0.29) is 12.5 Å². The quantitative estimate of drug-likeness (QED) is 0.645. The topological polar surface area (TPSA) is 88.2 Å². The van der Waals surface area contributed by atoms with Gasteiger partial charge in [-0.05, 0) is 12.8 Å². The first kappa shape index (κ1) is 13.6. The van der Waals surface area contributed by atoms with Crippen LogP contribution in [0.5, 0.6) is 0 Å². The monoisotopic (exact) mass is 241 g/mol. The number of aryl methyl sites for hydroxylation is 2. The third kappa shape index (κ3) is 5.44. The highest BCUT2D eigenvalue weighted by molar-refractivity contribution is 5.75. The van der Waals surface area contributed by atoms with Crippen molar-refractivity contribution in [3.63, 3.8) is 0 Å². The van der Waals surface area contributed by atoms with Crippen LogP contribution in [0.3, 0.4) is 0 Å². The molecule has 1 heterocycles. The molecule has 17 heavy (non-hydrogen) atoms. The van der Waals surface area contributed by atoms with Gasteiger partial charge in [-0.15, -0.1) is 0 Å². The van der Waals surface area contributed by atoms with Gasteiger partial charge in [0, 0.05) is 32.4 Å². The standard InChI is InChI=1S/C11H19N3O3/c1-2-4-9-13-11(17-14-9)6-5-10(16)12-7-3-8-15/h15H,2-8H2,1H3,(H,12,16). The molecule has 96 valence electrons. The van der Waals surface area contributed by atoms with Crippen LogP contribution in [0.4, 0.5) is 0 Å². The van der Waals surface area contributed by atoms with Crippen LogP contribution in [0.2, 0.25) is 0 Å². The first-order valence-corrected chi connectivity index (χ1v) is 5.95. The molecular weight excluding hydrogens is 222 g/mol. The predicted octanol–water partition coefficient (Wildman–Crippen LogP) is 0.453. The van der Waals surface area contributed by atoms with Gasteiger partial charge < -0.3 is 14.9 Å². The predicted molar refractivity (Wildman–Crippen MR) is 61.3 cm³/mol. The first-order chi connectivity index (χ1) is 8.26. The van der Waals surface area contributed by atoms with E-state index in [1.54, 1.807) is 0 Å². The minimum Gasteiger partial charge on any atom is -0.396 e. The van der Waals surface area contributed by atoms with Crippen LogP contribution >= 0.6 is 0 Å². The number of nitrogens with one attached hydrogen (secondary N) is 1. The van der Waals surface area contributed by atoms with Gasteiger partial charge in [0.25, 0.3) is 0 Å². The minimum atomic E-state index is -0.0614. The molecule has 0 radical (unpaired) electrons. The molecule has 0 bridgehead atoms. The highest BCUT2D eigenvalue weighted by Crippen LogP contribution is 2.02. The van der Waals surface area contributed by atoms with E-state index >= 15 is 0 Å². The number of aromatic nitrogens is 2. The summed E-state index contributed by atoms with van der Waals surface area (Å²) in [5.74, 6) is 1.14. The third-order valence-corrected chi connectivity index (χ3v) is 2.21. The number of aliphatic hydroxyl groups is 1. The lowest BCUT2D eigenvalue weighted by Gasteiger charge is -2.01. The third-order valence-electron chi connectivity index (χ3n) is 2.21. The lowest BCUT2D eigenvalue weighted by Crippen LogP contribution is -2.25. The van der Waals surface area contributed by atoms with Gasteiger partial charge in [-0.1, -0.05) is 12.1 Å². The Morgan fingerprint density at radius 2 is 2.29 bits per heavy atom. The van der Waals surface area contributed by atoms with Crippen molar-refractivity contribution in [3.05, 3.63) is 11.7 Å². The molecule has 1 aromatic rings. The largest absolute Gasteiger partial charge is 0.396 e. The van der Waals surface area contributed by atoms with Gasteiger partial charge in [-0.3, -0.25) is 4.79 Å². The average Bonchev–Trinajstić information content (AvgIpc) is 2.75. The number of carbonyl (C=O) groups excluding carboxylic acids is 1. The van der Waals surface area contributed by atoms with Gasteiger partial charge in [0.05, 0.1) is 0 Å². The maximum atomic E-state index is 11.3. The first-order valence-electron chi connectivity index (χ1n) is 5.95. The van der Waals surface area contributed by atoms with Crippen LogP contribution in [0.15, 0.2) is 4.52 Å². The molecule has 0 aliphatic carbocycles. The maximum absolute atomic E-state index is 11.3. The van der Waals surface area contributed by atoms with Crippen LogP contribution in [-0.4, -0.2) is 34.3 Å². The molecule has 0 atom stereocenters. The summed E-state index contributed by atoms with van der Waals surface area (Å²) in [6, 6.07) is 0. The van der Waals surface area contributed by atoms with Crippen molar-refractivity contribution in [2.45, 2.75) is 39.0 Å². The Morgan fingerprint density at radius 3 is 3.00 bits per heavy atom. The fourth-order valence-corrected chi connectivity index (χ4v) is 1.33. The molecule has 0 saturated carbocycles. The fraction of sp³-hybridized carbons (Fsp3) is 0.727. The second kappa shape index (κ2) is 7.78. The molecule has 1 aromatic heterocycles. The summed E-state index contributed by atoms with van der Waals surface area (Å²) in [4.78, 5) is 15.5. The molecule has 0 aromatic carbocycles. The number of hydrogen-bond acceptors (Lipinski definition) is 5. The molecule has 0 aliphatic rings. The van der Waals surface area contributed by atoms with Crippen LogP contribution in [0.25, 0.3) is 0 Å². The van der Waals surface area contributed by atoms with E-state index < -0.39 is 0 Å². The Labute approximate surface area is 100 Å². The summed E-state index contributed by atoms with van der Waals surface area (Å²) in [6.45, 7) is 2.63. The van der Waals surface area contributed by atoms with E-state index in [0.29, 0.717) is 37.5 Å². The Bertz CT molecular complexity index is 338. The SMILES string of the molecule is CCCc1noc(CCC(=O)NCCCO)n1. The summed E-state index contributed by atoms with van der Waals surface area (Å²) in [6.07, 6.45) is 3.14. The summed E-state index contributed by atoms with van der Waals surface area (Å²) in [7, 11) is 0. The molecule has 0 fully saturated rings. The number of nitrogens with zero attached hydrogens (tertiary/aromatic N) is 2. The normalized spacial score (nSPS) is 10.5. The molecule has 1 amide bonds. The van der Waals surface area contributed by atoms with Gasteiger partial charge in [-0.25, -0.2) is 0 Å². The molecule has 0 spiro atoms. The lowest BCUT2D eigenvalue weighted by molar-refractivity contribution is -0.121. The number of amides is 1. The molecule has 0 aliphatic heterocycles. The van der Waals surface area contributed by atoms with E-state index in [4.69, 9.17) is 9.63 Å². The van der Waals surface area contributed by atoms with Gasteiger partial charge in [0.1, 0.15) is 0 Å². The van der Waals surface area contributed by atoms with Crippen molar-refractivity contribution in [3.8, 4) is 0 Å². The lowest BCUT2D eigenvalue weighted by atomic mass is 10.3. The Kier molecular flexibility index (Phi) is 6.24. The Hall–Kier alpha value is -1.43. The number of aliphatic hydroxyl groups excluding tert-OH is 1. The Morgan fingerprint density at radius 1 is 1.47 bits per heavy atom. The highest BCUT2D eigenvalue weighted by atomic mass is 16.5. The van der Waals surface area contributed by atoms with E-state index in [1.165, 1.54) is 0 Å². The van der Waals surface area contributed by atoms with E-state index in [9.17, 15) is 4.79 Å². The smallest absolute Gasteiger partial charge is 0.227 e. The molecule has 0 unspecified atom stereocenters. The van der Waals surface area contributed by atoms with Crippen molar-refractivity contribution in [1.29, 1.82) is 0 Å². The summed E-state index contributed by atoms with van der Waals surface area (Å²) in [5, 5.41) is 15.1. The molecule has 1 rings (SSSR count). The zero-order chi connectivity index (χ0) is 12.5. The van der Waals surface area contributed by atoms with Crippen molar-refractivity contribution in [2.24, 2.45) is 0 Å². The van der Waals surface area contributed by atoms with Gasteiger partial charge in [0.15, 0.2) is 5.82 Å². The van der Waals surface area contributed by atoms with Crippen molar-refractivity contribution >= 4 is 5.91 Å². The fourth-order valence-electron chi connectivity index (χ4n) is 1.33.